The van der Waals surface area contributed by atoms with Crippen molar-refractivity contribution in [3.8, 4) is 11.3 Å². The van der Waals surface area contributed by atoms with E-state index in [2.05, 4.69) is 15.4 Å². The number of nitrogens with one attached hydrogen (secondary N) is 1. The van der Waals surface area contributed by atoms with E-state index in [-0.39, 0.29) is 23.8 Å². The Morgan fingerprint density at radius 1 is 1.33 bits per heavy atom. The molecule has 0 bridgehead atoms. The first-order chi connectivity index (χ1) is 12.8. The third-order valence-corrected chi connectivity index (χ3v) is 5.28. The van der Waals surface area contributed by atoms with Crippen LogP contribution in [0.1, 0.15) is 11.4 Å². The number of anilines is 1. The zero-order valence-electron chi connectivity index (χ0n) is 14.2. The monoisotopic (exact) mass is 425 g/mol. The average Bonchev–Trinajstić information content (AvgIpc) is 3.15. The summed E-state index contributed by atoms with van der Waals surface area (Å²) in [6, 6.07) is 5.15. The van der Waals surface area contributed by atoms with Crippen LogP contribution in [0.5, 0.6) is 0 Å². The standard InChI is InChI=1S/C16H13Cl2N5O3S/c1-8-15(23(25)26)9(2)22(21-8)6-14(24)20-16-19-13(7-27-16)10-3-4-11(17)12(18)5-10/h3-5,7H,6H2,1-2H3,(H,19,20,24). The quantitative estimate of drug-likeness (QED) is 0.479. The molecule has 0 aliphatic heterocycles. The first-order valence-electron chi connectivity index (χ1n) is 7.65. The topological polar surface area (TPSA) is 103 Å². The van der Waals surface area contributed by atoms with E-state index in [1.165, 1.54) is 22.9 Å². The van der Waals surface area contributed by atoms with E-state index in [0.717, 1.165) is 5.56 Å². The highest BCUT2D eigenvalue weighted by molar-refractivity contribution is 7.14. The second-order valence-electron chi connectivity index (χ2n) is 5.65. The van der Waals surface area contributed by atoms with Gasteiger partial charge in [-0.2, -0.15) is 5.10 Å². The number of hydrogen-bond acceptors (Lipinski definition) is 6. The summed E-state index contributed by atoms with van der Waals surface area (Å²) in [4.78, 5) is 27.1. The number of benzene rings is 1. The third-order valence-electron chi connectivity index (χ3n) is 3.79. The summed E-state index contributed by atoms with van der Waals surface area (Å²) < 4.78 is 1.30. The SMILES string of the molecule is Cc1nn(CC(=O)Nc2nc(-c3ccc(Cl)c(Cl)c3)cs2)c(C)c1[N+](=O)[O-]. The molecule has 1 amide bonds. The molecule has 0 saturated carbocycles. The predicted octanol–water partition coefficient (Wildman–Crippen LogP) is 4.48. The van der Waals surface area contributed by atoms with Gasteiger partial charge in [0.1, 0.15) is 17.9 Å². The minimum absolute atomic E-state index is 0.0843. The molecule has 1 N–H and O–H groups in total. The minimum Gasteiger partial charge on any atom is -0.300 e. The summed E-state index contributed by atoms with van der Waals surface area (Å²) in [6.45, 7) is 2.93. The van der Waals surface area contributed by atoms with Crippen molar-refractivity contribution >= 4 is 51.3 Å². The number of amides is 1. The molecule has 0 fully saturated rings. The van der Waals surface area contributed by atoms with E-state index in [1.807, 2.05) is 0 Å². The molecule has 0 atom stereocenters. The fraction of sp³-hybridized carbons (Fsp3) is 0.188. The number of carbonyl (C=O) groups is 1. The minimum atomic E-state index is -0.504. The highest BCUT2D eigenvalue weighted by Crippen LogP contribution is 2.30. The highest BCUT2D eigenvalue weighted by atomic mass is 35.5. The zero-order valence-corrected chi connectivity index (χ0v) is 16.5. The number of aryl methyl sites for hydroxylation is 1. The average molecular weight is 426 g/mol. The van der Waals surface area contributed by atoms with Gasteiger partial charge in [-0.05, 0) is 26.0 Å². The van der Waals surface area contributed by atoms with Crippen molar-refractivity contribution in [2.45, 2.75) is 20.4 Å². The first-order valence-corrected chi connectivity index (χ1v) is 9.29. The lowest BCUT2D eigenvalue weighted by Crippen LogP contribution is -2.20. The molecule has 0 aliphatic rings. The van der Waals surface area contributed by atoms with Gasteiger partial charge >= 0.3 is 5.69 Å². The highest BCUT2D eigenvalue weighted by Gasteiger charge is 2.23. The molecule has 0 saturated heterocycles. The molecule has 0 radical (unpaired) electrons. The maximum Gasteiger partial charge on any atom is 0.312 e. The van der Waals surface area contributed by atoms with Crippen molar-refractivity contribution in [3.05, 3.63) is 55.1 Å². The summed E-state index contributed by atoms with van der Waals surface area (Å²) in [5.74, 6) is -0.384. The zero-order chi connectivity index (χ0) is 19.7. The van der Waals surface area contributed by atoms with Gasteiger partial charge in [0.05, 0.1) is 20.7 Å². The van der Waals surface area contributed by atoms with E-state index in [0.29, 0.717) is 26.6 Å². The van der Waals surface area contributed by atoms with Crippen molar-refractivity contribution in [2.24, 2.45) is 0 Å². The van der Waals surface area contributed by atoms with Crippen LogP contribution in [0, 0.1) is 24.0 Å². The van der Waals surface area contributed by atoms with Crippen molar-refractivity contribution in [1.82, 2.24) is 14.8 Å². The second-order valence-corrected chi connectivity index (χ2v) is 7.32. The molecule has 3 aromatic rings. The molecular formula is C16H13Cl2N5O3S. The lowest BCUT2D eigenvalue weighted by atomic mass is 10.2. The Bertz CT molecular complexity index is 1050. The first kappa shape index (κ1) is 19.3. The van der Waals surface area contributed by atoms with Crippen LogP contribution in [-0.2, 0) is 11.3 Å². The van der Waals surface area contributed by atoms with Crippen molar-refractivity contribution in [1.29, 1.82) is 0 Å². The molecule has 0 spiro atoms. The van der Waals surface area contributed by atoms with Crippen LogP contribution < -0.4 is 5.32 Å². The van der Waals surface area contributed by atoms with Crippen LogP contribution >= 0.6 is 34.5 Å². The van der Waals surface area contributed by atoms with Crippen LogP contribution in [-0.4, -0.2) is 25.6 Å². The van der Waals surface area contributed by atoms with E-state index in [9.17, 15) is 14.9 Å². The fourth-order valence-corrected chi connectivity index (χ4v) is 3.55. The summed E-state index contributed by atoms with van der Waals surface area (Å²) in [5.41, 5.74) is 1.93. The van der Waals surface area contributed by atoms with Gasteiger partial charge in [0.2, 0.25) is 5.91 Å². The van der Waals surface area contributed by atoms with E-state index < -0.39 is 4.92 Å². The number of nitro groups is 1. The molecule has 27 heavy (non-hydrogen) atoms. The second kappa shape index (κ2) is 7.63. The van der Waals surface area contributed by atoms with Gasteiger partial charge in [0, 0.05) is 10.9 Å². The molecule has 2 aromatic heterocycles. The lowest BCUT2D eigenvalue weighted by molar-refractivity contribution is -0.386. The maximum absolute atomic E-state index is 12.3. The van der Waals surface area contributed by atoms with Gasteiger partial charge in [-0.25, -0.2) is 4.98 Å². The number of thiazole rings is 1. The number of rotatable bonds is 5. The Kier molecular flexibility index (Phi) is 5.45. The van der Waals surface area contributed by atoms with Gasteiger partial charge in [-0.1, -0.05) is 29.3 Å². The van der Waals surface area contributed by atoms with Gasteiger partial charge < -0.3 is 5.32 Å². The molecule has 11 heteroatoms. The molecule has 2 heterocycles. The molecule has 1 aromatic carbocycles. The number of carbonyl (C=O) groups excluding carboxylic acids is 1. The van der Waals surface area contributed by atoms with Gasteiger partial charge in [0.25, 0.3) is 0 Å². The summed E-state index contributed by atoms with van der Waals surface area (Å²) in [7, 11) is 0. The van der Waals surface area contributed by atoms with Crippen molar-refractivity contribution in [3.63, 3.8) is 0 Å². The summed E-state index contributed by atoms with van der Waals surface area (Å²) >= 11 is 13.2. The third kappa shape index (κ3) is 4.10. The van der Waals surface area contributed by atoms with Crippen LogP contribution in [0.15, 0.2) is 23.6 Å². The summed E-state index contributed by atoms with van der Waals surface area (Å²) in [6.07, 6.45) is 0. The Hall–Kier alpha value is -2.49. The Morgan fingerprint density at radius 3 is 2.70 bits per heavy atom. The molecule has 8 nitrogen and oxygen atoms in total. The molecular weight excluding hydrogens is 413 g/mol. The van der Waals surface area contributed by atoms with Gasteiger partial charge in [-0.15, -0.1) is 11.3 Å². The van der Waals surface area contributed by atoms with E-state index in [1.54, 1.807) is 30.5 Å². The predicted molar refractivity (Wildman–Crippen MR) is 105 cm³/mol. The van der Waals surface area contributed by atoms with Crippen LogP contribution in [0.2, 0.25) is 10.0 Å². The van der Waals surface area contributed by atoms with E-state index in [4.69, 9.17) is 23.2 Å². The van der Waals surface area contributed by atoms with Crippen molar-refractivity contribution < 1.29 is 9.72 Å². The largest absolute Gasteiger partial charge is 0.312 e. The molecule has 140 valence electrons. The number of aromatic nitrogens is 3. The Morgan fingerprint density at radius 2 is 2.07 bits per heavy atom. The molecule has 0 unspecified atom stereocenters. The van der Waals surface area contributed by atoms with Crippen LogP contribution in [0.3, 0.4) is 0 Å². The fourth-order valence-electron chi connectivity index (χ4n) is 2.52. The van der Waals surface area contributed by atoms with E-state index >= 15 is 0 Å². The molecule has 0 aliphatic carbocycles. The number of hydrogen-bond donors (Lipinski definition) is 1. The lowest BCUT2D eigenvalue weighted by Gasteiger charge is -2.04. The number of halogens is 2. The molecule has 3 rings (SSSR count). The maximum atomic E-state index is 12.3. The van der Waals surface area contributed by atoms with Gasteiger partial charge in [0.15, 0.2) is 5.13 Å². The van der Waals surface area contributed by atoms with Crippen LogP contribution in [0.4, 0.5) is 10.8 Å². The normalized spacial score (nSPS) is 10.8. The van der Waals surface area contributed by atoms with Crippen molar-refractivity contribution in [2.75, 3.05) is 5.32 Å². The smallest absolute Gasteiger partial charge is 0.300 e. The Balaban J connectivity index is 1.72. The summed E-state index contributed by atoms with van der Waals surface area (Å²) in [5, 5.41) is 20.8. The van der Waals surface area contributed by atoms with Crippen LogP contribution in [0.25, 0.3) is 11.3 Å². The Labute approximate surface area is 167 Å². The van der Waals surface area contributed by atoms with Gasteiger partial charge in [-0.3, -0.25) is 19.6 Å². The number of nitrogens with zero attached hydrogens (tertiary/aromatic N) is 4.